The minimum absolute atomic E-state index is 0.0556. The van der Waals surface area contributed by atoms with Crippen LogP contribution in [-0.2, 0) is 10.5 Å². The van der Waals surface area contributed by atoms with Crippen molar-refractivity contribution in [1.29, 1.82) is 0 Å². The van der Waals surface area contributed by atoms with Gasteiger partial charge in [0, 0.05) is 39.8 Å². The Morgan fingerprint density at radius 2 is 1.95 bits per heavy atom. The first-order valence-electron chi connectivity index (χ1n) is 12.5. The van der Waals surface area contributed by atoms with Crippen LogP contribution in [-0.4, -0.2) is 29.6 Å². The van der Waals surface area contributed by atoms with E-state index >= 15 is 0 Å². The molecular weight excluding hydrogens is 521 g/mol. The molecule has 0 aliphatic rings. The lowest BCUT2D eigenvalue weighted by Gasteiger charge is -2.19. The number of pyridine rings is 2. The lowest BCUT2D eigenvalue weighted by atomic mass is 10.0. The number of halogens is 1. The molecule has 0 saturated carbocycles. The Hall–Kier alpha value is -4.36. The molecule has 0 atom stereocenters. The van der Waals surface area contributed by atoms with Crippen molar-refractivity contribution in [2.45, 2.75) is 39.7 Å². The summed E-state index contributed by atoms with van der Waals surface area (Å²) in [5.74, 6) is 2.76. The van der Waals surface area contributed by atoms with E-state index in [2.05, 4.69) is 20.1 Å². The quantitative estimate of drug-likeness (QED) is 0.145. The third-order valence-electron chi connectivity index (χ3n) is 6.51. The number of H-pyrrole nitrogens is 1. The van der Waals surface area contributed by atoms with Gasteiger partial charge in [-0.2, -0.15) is 8.42 Å². The lowest BCUT2D eigenvalue weighted by molar-refractivity contribution is 0.311. The van der Waals surface area contributed by atoms with Gasteiger partial charge in [0.1, 0.15) is 11.4 Å². The van der Waals surface area contributed by atoms with Gasteiger partial charge in [-0.15, -0.1) is 6.42 Å². The Labute approximate surface area is 224 Å². The summed E-state index contributed by atoms with van der Waals surface area (Å²) in [6, 6.07) is 10.3. The third kappa shape index (κ3) is 4.93. The number of hydrogen-bond acceptors (Lipinski definition) is 6. The van der Waals surface area contributed by atoms with Crippen LogP contribution in [0.1, 0.15) is 45.2 Å². The van der Waals surface area contributed by atoms with Crippen molar-refractivity contribution in [1.82, 2.24) is 14.5 Å². The molecule has 0 aliphatic carbocycles. The lowest BCUT2D eigenvalue weighted by Crippen LogP contribution is -2.13. The summed E-state index contributed by atoms with van der Waals surface area (Å²) < 4.78 is 47.9. The van der Waals surface area contributed by atoms with Crippen molar-refractivity contribution in [3.63, 3.8) is 0 Å². The predicted molar refractivity (Wildman–Crippen MR) is 150 cm³/mol. The van der Waals surface area contributed by atoms with Gasteiger partial charge in [0.05, 0.1) is 29.1 Å². The zero-order valence-corrected chi connectivity index (χ0v) is 22.4. The van der Waals surface area contributed by atoms with E-state index in [0.29, 0.717) is 51.0 Å². The van der Waals surface area contributed by atoms with Gasteiger partial charge in [-0.05, 0) is 50.6 Å². The van der Waals surface area contributed by atoms with Gasteiger partial charge in [-0.1, -0.05) is 29.2 Å². The average molecular weight is 548 g/mol. The normalized spacial score (nSPS) is 11.9. The summed E-state index contributed by atoms with van der Waals surface area (Å²) in [5.41, 5.74) is 3.55. The number of nitrogens with zero attached hydrogens (tertiary/aromatic N) is 2. The minimum atomic E-state index is -5.24. The van der Waals surface area contributed by atoms with Crippen molar-refractivity contribution >= 4 is 43.3 Å². The van der Waals surface area contributed by atoms with E-state index in [1.54, 1.807) is 18.2 Å². The van der Waals surface area contributed by atoms with E-state index in [1.807, 2.05) is 37.5 Å². The summed E-state index contributed by atoms with van der Waals surface area (Å²) in [6.45, 7) is 6.46. The molecule has 0 spiro atoms. The van der Waals surface area contributed by atoms with Crippen molar-refractivity contribution in [3.8, 4) is 35.0 Å². The number of terminal acetylenes is 1. The van der Waals surface area contributed by atoms with Crippen molar-refractivity contribution in [3.05, 3.63) is 64.6 Å². The Bertz CT molecular complexity index is 1950. The molecule has 0 aliphatic heterocycles. The molecule has 2 aromatic carbocycles. The monoisotopic (exact) mass is 547 g/mol. The van der Waals surface area contributed by atoms with Gasteiger partial charge in [0.25, 0.3) is 0 Å². The fourth-order valence-electron chi connectivity index (χ4n) is 4.82. The first-order chi connectivity index (χ1) is 18.6. The Balaban J connectivity index is 1.85. The molecule has 1 N–H and O–H groups in total. The molecule has 0 bridgehead atoms. The Kier molecular flexibility index (Phi) is 6.78. The smallest absolute Gasteiger partial charge is 0.488 e. The molecule has 0 amide bonds. The van der Waals surface area contributed by atoms with Crippen LogP contribution in [0.2, 0.25) is 0 Å². The number of nitrogens with one attached hydrogen (secondary N) is 1. The molecule has 8 nitrogen and oxygen atoms in total. The third-order valence-corrected chi connectivity index (χ3v) is 6.90. The van der Waals surface area contributed by atoms with Crippen LogP contribution < -0.4 is 14.3 Å². The first-order valence-corrected chi connectivity index (χ1v) is 13.8. The van der Waals surface area contributed by atoms with Gasteiger partial charge in [-0.3, -0.25) is 9.78 Å². The molecule has 5 aromatic rings. The highest BCUT2D eigenvalue weighted by Crippen LogP contribution is 2.38. The number of hydrogen-bond donors (Lipinski definition) is 1. The zero-order chi connectivity index (χ0) is 27.9. The van der Waals surface area contributed by atoms with Crippen LogP contribution in [0.3, 0.4) is 0 Å². The molecule has 3 aromatic heterocycles. The second-order valence-electron chi connectivity index (χ2n) is 9.50. The Morgan fingerprint density at radius 1 is 1.15 bits per heavy atom. The highest BCUT2D eigenvalue weighted by atomic mass is 32.3. The molecule has 0 radical (unpaired) electrons. The van der Waals surface area contributed by atoms with Gasteiger partial charge >= 0.3 is 10.5 Å². The summed E-state index contributed by atoms with van der Waals surface area (Å²) in [5, 5.41) is 1.77. The number of aromatic amines is 1. The SMILES string of the molecule is C#Cc1ccc2c(c1)[nH]c1c2c(=O)c2cc(OCCCC)c(-c3cncc(OS(=O)(=O)F)c3)cc2n1C(C)C. The summed E-state index contributed by atoms with van der Waals surface area (Å²) in [6.07, 6.45) is 9.87. The molecule has 200 valence electrons. The largest absolute Gasteiger partial charge is 0.493 e. The molecular formula is C29H26FN3O5S. The summed E-state index contributed by atoms with van der Waals surface area (Å²) >= 11 is 0. The summed E-state index contributed by atoms with van der Waals surface area (Å²) in [7, 11) is -5.24. The van der Waals surface area contributed by atoms with Gasteiger partial charge in [0.2, 0.25) is 0 Å². The van der Waals surface area contributed by atoms with E-state index in [4.69, 9.17) is 11.2 Å². The number of aromatic nitrogens is 3. The van der Waals surface area contributed by atoms with Crippen LogP contribution in [0, 0.1) is 12.3 Å². The first kappa shape index (κ1) is 26.3. The maximum absolute atomic E-state index is 14.0. The molecule has 5 rings (SSSR count). The minimum Gasteiger partial charge on any atom is -0.493 e. The van der Waals surface area contributed by atoms with E-state index in [0.717, 1.165) is 29.9 Å². The fourth-order valence-corrected chi connectivity index (χ4v) is 5.14. The standard InChI is InChI=1S/C29H26FN3O5S/c1-5-7-10-37-26-14-23-25(13-22(26)19-12-20(16-31-15-19)38-39(30,35)36)33(17(3)4)29-27(28(23)34)21-9-8-18(6-2)11-24(21)32-29/h2,8-9,11-17,32H,5,7,10H2,1,3-4H3. The molecule has 39 heavy (non-hydrogen) atoms. The van der Waals surface area contributed by atoms with Gasteiger partial charge < -0.3 is 18.5 Å². The number of rotatable bonds is 8. The molecule has 0 fully saturated rings. The van der Waals surface area contributed by atoms with E-state index in [1.165, 1.54) is 12.3 Å². The molecule has 0 unspecified atom stereocenters. The Morgan fingerprint density at radius 3 is 2.64 bits per heavy atom. The average Bonchev–Trinajstić information content (AvgIpc) is 3.26. The van der Waals surface area contributed by atoms with Crippen molar-refractivity contribution in [2.75, 3.05) is 6.61 Å². The van der Waals surface area contributed by atoms with Gasteiger partial charge in [0.15, 0.2) is 11.2 Å². The number of unbranched alkanes of at least 4 members (excludes halogenated alkanes) is 1. The maximum Gasteiger partial charge on any atom is 0.488 e. The van der Waals surface area contributed by atoms with Crippen LogP contribution in [0.25, 0.3) is 44.0 Å². The second-order valence-corrected chi connectivity index (χ2v) is 10.5. The zero-order valence-electron chi connectivity index (χ0n) is 21.6. The predicted octanol–water partition coefficient (Wildman–Crippen LogP) is 6.03. The number of ether oxygens (including phenoxy) is 1. The van der Waals surface area contributed by atoms with Crippen LogP contribution in [0.5, 0.6) is 11.5 Å². The van der Waals surface area contributed by atoms with Crippen LogP contribution in [0.15, 0.2) is 53.6 Å². The second kappa shape index (κ2) is 10.1. The van der Waals surface area contributed by atoms with Crippen LogP contribution in [0.4, 0.5) is 3.89 Å². The van der Waals surface area contributed by atoms with Crippen molar-refractivity contribution < 1.29 is 21.2 Å². The van der Waals surface area contributed by atoms with E-state index in [-0.39, 0.29) is 17.2 Å². The summed E-state index contributed by atoms with van der Waals surface area (Å²) in [4.78, 5) is 21.4. The maximum atomic E-state index is 14.0. The topological polar surface area (TPSA) is 103 Å². The highest BCUT2D eigenvalue weighted by molar-refractivity contribution is 7.81. The number of benzene rings is 2. The molecule has 3 heterocycles. The molecule has 0 saturated heterocycles. The highest BCUT2D eigenvalue weighted by Gasteiger charge is 2.21. The number of fused-ring (bicyclic) bond motifs is 4. The fraction of sp³-hybridized carbons (Fsp3) is 0.241. The van der Waals surface area contributed by atoms with E-state index < -0.39 is 10.5 Å². The van der Waals surface area contributed by atoms with Crippen molar-refractivity contribution in [2.24, 2.45) is 0 Å². The van der Waals surface area contributed by atoms with Gasteiger partial charge in [-0.25, -0.2) is 0 Å². The van der Waals surface area contributed by atoms with E-state index in [9.17, 15) is 17.1 Å². The molecule has 10 heteroatoms. The van der Waals surface area contributed by atoms with Crippen LogP contribution >= 0.6 is 0 Å².